The Morgan fingerprint density at radius 2 is 1.22 bits per heavy atom. The van der Waals surface area contributed by atoms with Gasteiger partial charge in [-0.1, -0.05) is 130 Å². The van der Waals surface area contributed by atoms with Crippen LogP contribution < -0.4 is 0 Å². The molecular weight excluding hydrogens is 637 g/mol. The molecule has 12 heteroatoms. The highest BCUT2D eigenvalue weighted by Gasteiger charge is 2.17. The predicted molar refractivity (Wildman–Crippen MR) is 217 cm³/mol. The van der Waals surface area contributed by atoms with Crippen LogP contribution in [0.5, 0.6) is 0 Å². The van der Waals surface area contributed by atoms with Gasteiger partial charge >= 0.3 is 0 Å². The summed E-state index contributed by atoms with van der Waals surface area (Å²) < 4.78 is 5.73. The van der Waals surface area contributed by atoms with Gasteiger partial charge in [0.05, 0.1) is 11.4 Å². The SMILES string of the molecule is C.C.C.CC(C)CC1N=NC(C(C)C)=N1.CC(C)Cc1cn(C(C)C)nn1.CC(C)Cn1cc(C(C)C)nn1.CC(C)Cn1cnc(C(C)C)n1. The van der Waals surface area contributed by atoms with E-state index < -0.39 is 0 Å². The molecule has 3 aromatic heterocycles. The van der Waals surface area contributed by atoms with Crippen molar-refractivity contribution in [1.29, 1.82) is 0 Å². The number of nitrogens with zero attached hydrogens (tertiary/aromatic N) is 12. The molecule has 1 aliphatic heterocycles. The van der Waals surface area contributed by atoms with Crippen molar-refractivity contribution in [3.8, 4) is 0 Å². The lowest BCUT2D eigenvalue weighted by Gasteiger charge is -2.04. The van der Waals surface area contributed by atoms with Crippen molar-refractivity contribution in [2.75, 3.05) is 0 Å². The molecule has 296 valence electrons. The van der Waals surface area contributed by atoms with Crippen LogP contribution in [0, 0.1) is 29.6 Å². The maximum Gasteiger partial charge on any atom is 0.163 e. The molecule has 0 amide bonds. The van der Waals surface area contributed by atoms with Crippen LogP contribution in [-0.2, 0) is 19.5 Å². The predicted octanol–water partition coefficient (Wildman–Crippen LogP) is 11.0. The zero-order chi connectivity index (χ0) is 36.6. The first-order valence-corrected chi connectivity index (χ1v) is 18.1. The van der Waals surface area contributed by atoms with Crippen LogP contribution in [-0.4, -0.2) is 56.8 Å². The normalized spacial score (nSPS) is 13.4. The van der Waals surface area contributed by atoms with Crippen molar-refractivity contribution in [2.45, 2.75) is 183 Å². The van der Waals surface area contributed by atoms with Crippen LogP contribution in [0.15, 0.2) is 33.9 Å². The van der Waals surface area contributed by atoms with Gasteiger partial charge in [-0.05, 0) is 56.3 Å². The Bertz CT molecular complexity index is 1200. The Balaban J connectivity index is -0.000000591. The highest BCUT2D eigenvalue weighted by Crippen LogP contribution is 2.17. The van der Waals surface area contributed by atoms with Gasteiger partial charge < -0.3 is 0 Å². The van der Waals surface area contributed by atoms with Gasteiger partial charge in [0.1, 0.15) is 6.33 Å². The molecule has 0 fully saturated rings. The zero-order valence-electron chi connectivity index (χ0n) is 33.1. The van der Waals surface area contributed by atoms with E-state index >= 15 is 0 Å². The standard InChI is InChI=1S/4C9H17N3.3CH4/c1-7(2)5-12-6-10-9(11-12)8(3)4;1-7(2)5-12-6-9(8(3)4)10-11-12;1-7(2)5-9-6-12(8(3)4)11-10-9;1-6(2)5-8-10-9(7(3)4)12-11-8;;;/h4*6-8H,5H2,1-4H3;3*1H4. The summed E-state index contributed by atoms with van der Waals surface area (Å²) in [6, 6.07) is 0.415. The molecule has 4 heterocycles. The summed E-state index contributed by atoms with van der Waals surface area (Å²) in [5.41, 5.74) is 2.18. The Morgan fingerprint density at radius 3 is 1.61 bits per heavy atom. The van der Waals surface area contributed by atoms with Gasteiger partial charge in [0, 0.05) is 43.4 Å². The van der Waals surface area contributed by atoms with Gasteiger partial charge in [0.2, 0.25) is 0 Å². The van der Waals surface area contributed by atoms with E-state index in [1.165, 1.54) is 0 Å². The zero-order valence-corrected chi connectivity index (χ0v) is 33.1. The van der Waals surface area contributed by atoms with E-state index in [4.69, 9.17) is 0 Å². The summed E-state index contributed by atoms with van der Waals surface area (Å²) >= 11 is 0. The number of hydrogen-bond donors (Lipinski definition) is 0. The van der Waals surface area contributed by atoms with Crippen LogP contribution >= 0.6 is 0 Å². The summed E-state index contributed by atoms with van der Waals surface area (Å²) in [6.07, 6.45) is 8.01. The highest BCUT2D eigenvalue weighted by molar-refractivity contribution is 5.85. The number of aliphatic imine (C=N–C) groups is 1. The van der Waals surface area contributed by atoms with Crippen molar-refractivity contribution in [3.05, 3.63) is 35.9 Å². The third-order valence-electron chi connectivity index (χ3n) is 6.80. The topological polar surface area (TPSA) is 129 Å². The molecule has 0 bridgehead atoms. The van der Waals surface area contributed by atoms with Crippen LogP contribution in [0.25, 0.3) is 0 Å². The van der Waals surface area contributed by atoms with E-state index in [2.05, 4.69) is 157 Å². The minimum absolute atomic E-state index is 0. The Kier molecular flexibility index (Phi) is 27.0. The molecule has 3 aromatic rings. The smallest absolute Gasteiger partial charge is 0.163 e. The van der Waals surface area contributed by atoms with Gasteiger partial charge in [0.15, 0.2) is 17.8 Å². The second kappa shape index (κ2) is 26.5. The van der Waals surface area contributed by atoms with E-state index in [1.54, 1.807) is 0 Å². The number of rotatable bonds is 12. The van der Waals surface area contributed by atoms with Crippen LogP contribution in [0.2, 0.25) is 0 Å². The van der Waals surface area contributed by atoms with Crippen molar-refractivity contribution >= 4 is 5.84 Å². The van der Waals surface area contributed by atoms with E-state index in [0.717, 1.165) is 49.0 Å². The number of hydrogen-bond acceptors (Lipinski definition) is 9. The minimum Gasteiger partial charge on any atom is -0.252 e. The molecule has 12 nitrogen and oxygen atoms in total. The quantitative estimate of drug-likeness (QED) is 0.183. The third kappa shape index (κ3) is 22.3. The molecule has 51 heavy (non-hydrogen) atoms. The third-order valence-corrected chi connectivity index (χ3v) is 6.80. The number of aromatic nitrogens is 9. The lowest BCUT2D eigenvalue weighted by atomic mass is 10.1. The molecule has 0 N–H and O–H groups in total. The van der Waals surface area contributed by atoms with Crippen LogP contribution in [0.1, 0.15) is 175 Å². The Morgan fingerprint density at radius 1 is 0.627 bits per heavy atom. The van der Waals surface area contributed by atoms with Crippen molar-refractivity contribution in [2.24, 2.45) is 44.8 Å². The molecule has 0 radical (unpaired) electrons. The fraction of sp³-hybridized carbons (Fsp3) is 0.821. The van der Waals surface area contributed by atoms with Crippen molar-refractivity contribution < 1.29 is 0 Å². The van der Waals surface area contributed by atoms with Gasteiger partial charge in [-0.2, -0.15) is 10.2 Å². The van der Waals surface area contributed by atoms with Crippen molar-refractivity contribution in [1.82, 2.24) is 44.8 Å². The average Bonchev–Trinajstić information content (AvgIpc) is 3.76. The molecule has 0 spiro atoms. The van der Waals surface area contributed by atoms with Crippen LogP contribution in [0.4, 0.5) is 0 Å². The molecular formula is C39H80N12. The summed E-state index contributed by atoms with van der Waals surface area (Å²) in [4.78, 5) is 8.63. The monoisotopic (exact) mass is 717 g/mol. The molecule has 1 aliphatic rings. The average molecular weight is 717 g/mol. The summed E-state index contributed by atoms with van der Waals surface area (Å²) in [6.45, 7) is 36.2. The summed E-state index contributed by atoms with van der Waals surface area (Å²) in [7, 11) is 0. The highest BCUT2D eigenvalue weighted by atomic mass is 15.4. The van der Waals surface area contributed by atoms with Gasteiger partial charge in [-0.15, -0.1) is 15.3 Å². The van der Waals surface area contributed by atoms with Gasteiger partial charge in [-0.3, -0.25) is 9.36 Å². The van der Waals surface area contributed by atoms with E-state index in [0.29, 0.717) is 47.5 Å². The Hall–Kier alpha value is -3.31. The maximum absolute atomic E-state index is 4.41. The molecule has 1 atom stereocenters. The van der Waals surface area contributed by atoms with E-state index in [9.17, 15) is 0 Å². The second-order valence-corrected chi connectivity index (χ2v) is 15.6. The van der Waals surface area contributed by atoms with Crippen molar-refractivity contribution in [3.63, 3.8) is 0 Å². The largest absolute Gasteiger partial charge is 0.252 e. The summed E-state index contributed by atoms with van der Waals surface area (Å²) in [5, 5.41) is 28.8. The van der Waals surface area contributed by atoms with Gasteiger partial charge in [-0.25, -0.2) is 14.7 Å². The maximum atomic E-state index is 4.41. The first-order valence-electron chi connectivity index (χ1n) is 18.1. The minimum atomic E-state index is 0. The van der Waals surface area contributed by atoms with E-state index in [-0.39, 0.29) is 28.4 Å². The lowest BCUT2D eigenvalue weighted by Crippen LogP contribution is -2.05. The fourth-order valence-electron chi connectivity index (χ4n) is 4.27. The lowest BCUT2D eigenvalue weighted by molar-refractivity contribution is 0.472. The fourth-order valence-corrected chi connectivity index (χ4v) is 4.27. The van der Waals surface area contributed by atoms with E-state index in [1.807, 2.05) is 32.8 Å². The molecule has 0 aliphatic carbocycles. The molecule has 4 rings (SSSR count). The van der Waals surface area contributed by atoms with Gasteiger partial charge in [0.25, 0.3) is 0 Å². The molecule has 0 saturated carbocycles. The first-order chi connectivity index (χ1) is 22.4. The van der Waals surface area contributed by atoms with Crippen LogP contribution in [0.3, 0.4) is 0 Å². The summed E-state index contributed by atoms with van der Waals surface area (Å²) in [5.74, 6) is 5.72. The molecule has 0 aromatic carbocycles. The first kappa shape index (κ1) is 52.1. The molecule has 0 saturated heterocycles. The second-order valence-electron chi connectivity index (χ2n) is 15.6. The molecule has 1 unspecified atom stereocenters. The number of azo groups is 1. The number of amidine groups is 1. The Labute approximate surface area is 313 Å².